The van der Waals surface area contributed by atoms with Gasteiger partial charge in [0.2, 0.25) is 0 Å². The lowest BCUT2D eigenvalue weighted by molar-refractivity contribution is 0.728. The van der Waals surface area contributed by atoms with Crippen molar-refractivity contribution >= 4 is 12.6 Å². The highest BCUT2D eigenvalue weighted by Gasteiger charge is 2.17. The fraction of sp³-hybridized carbons (Fsp3) is 0.417. The van der Waals surface area contributed by atoms with E-state index in [2.05, 4.69) is 27.9 Å². The van der Waals surface area contributed by atoms with Gasteiger partial charge in [-0.1, -0.05) is 6.08 Å². The monoisotopic (exact) mass is 231 g/mol. The maximum absolute atomic E-state index is 5.98. The zero-order chi connectivity index (χ0) is 12.4. The molecule has 2 heterocycles. The molecular weight excluding hydrogens is 214 g/mol. The molecule has 0 bridgehead atoms. The fourth-order valence-corrected chi connectivity index (χ4v) is 2.06. The molecule has 1 aromatic rings. The summed E-state index contributed by atoms with van der Waals surface area (Å²) >= 11 is 0. The Balaban J connectivity index is 2.59. The molecule has 0 saturated carbocycles. The summed E-state index contributed by atoms with van der Waals surface area (Å²) in [5, 5.41) is 3.98. The van der Waals surface area contributed by atoms with Gasteiger partial charge in [-0.25, -0.2) is 14.7 Å². The summed E-state index contributed by atoms with van der Waals surface area (Å²) in [5.74, 6) is 1.26. The Morgan fingerprint density at radius 2 is 2.24 bits per heavy atom. The Kier molecular flexibility index (Phi) is 3.08. The Labute approximate surface area is 101 Å². The Bertz CT molecular complexity index is 507. The second-order valence-electron chi connectivity index (χ2n) is 4.14. The number of hydrogen-bond acceptors (Lipinski definition) is 4. The summed E-state index contributed by atoms with van der Waals surface area (Å²) in [4.78, 5) is 8.77. The number of hydrogen-bond donors (Lipinski definition) is 1. The number of nitrogens with two attached hydrogens (primary N) is 1. The molecule has 0 fully saturated rings. The second-order valence-corrected chi connectivity index (χ2v) is 4.14. The van der Waals surface area contributed by atoms with Crippen LogP contribution < -0.4 is 5.73 Å². The SMILES string of the molecule is C=Nn1c(C)nc2c1CCC/C=C(\C)N=C2N. The molecule has 2 N–H and O–H groups in total. The van der Waals surface area contributed by atoms with Crippen LogP contribution in [-0.2, 0) is 6.42 Å². The van der Waals surface area contributed by atoms with E-state index in [4.69, 9.17) is 5.73 Å². The maximum atomic E-state index is 5.98. The summed E-state index contributed by atoms with van der Waals surface area (Å²) in [6.45, 7) is 7.41. The molecule has 0 amide bonds. The number of allylic oxidation sites excluding steroid dienone is 2. The van der Waals surface area contributed by atoms with Crippen molar-refractivity contribution < 1.29 is 0 Å². The summed E-state index contributed by atoms with van der Waals surface area (Å²) < 4.78 is 1.75. The van der Waals surface area contributed by atoms with Crippen LogP contribution in [0.15, 0.2) is 21.9 Å². The molecule has 0 radical (unpaired) electrons. The van der Waals surface area contributed by atoms with Crippen molar-refractivity contribution in [3.63, 3.8) is 0 Å². The molecule has 0 unspecified atom stereocenters. The average molecular weight is 231 g/mol. The van der Waals surface area contributed by atoms with Gasteiger partial charge in [-0.05, 0) is 33.1 Å². The molecule has 0 aromatic carbocycles. The van der Waals surface area contributed by atoms with Crippen molar-refractivity contribution in [3.05, 3.63) is 29.0 Å². The van der Waals surface area contributed by atoms with Gasteiger partial charge in [-0.3, -0.25) is 0 Å². The minimum atomic E-state index is 0.459. The van der Waals surface area contributed by atoms with Crippen LogP contribution in [0.2, 0.25) is 0 Å². The Morgan fingerprint density at radius 3 is 2.94 bits per heavy atom. The van der Waals surface area contributed by atoms with Crippen LogP contribution in [0, 0.1) is 6.92 Å². The van der Waals surface area contributed by atoms with Crippen LogP contribution in [0.5, 0.6) is 0 Å². The quantitative estimate of drug-likeness (QED) is 0.746. The largest absolute Gasteiger partial charge is 0.382 e. The molecule has 0 atom stereocenters. The van der Waals surface area contributed by atoms with Crippen LogP contribution >= 0.6 is 0 Å². The van der Waals surface area contributed by atoms with Gasteiger partial charge in [-0.15, -0.1) is 0 Å². The van der Waals surface area contributed by atoms with E-state index in [1.54, 1.807) is 4.68 Å². The van der Waals surface area contributed by atoms with Crippen molar-refractivity contribution in [2.45, 2.75) is 33.1 Å². The van der Waals surface area contributed by atoms with Gasteiger partial charge < -0.3 is 5.73 Å². The van der Waals surface area contributed by atoms with E-state index in [0.717, 1.165) is 42.2 Å². The highest BCUT2D eigenvalue weighted by Crippen LogP contribution is 2.17. The van der Waals surface area contributed by atoms with Gasteiger partial charge in [0.1, 0.15) is 11.5 Å². The highest BCUT2D eigenvalue weighted by atomic mass is 15.4. The normalized spacial score (nSPS) is 19.2. The molecule has 1 aliphatic heterocycles. The van der Waals surface area contributed by atoms with Crippen LogP contribution in [-0.4, -0.2) is 22.2 Å². The van der Waals surface area contributed by atoms with Crippen LogP contribution in [0.25, 0.3) is 0 Å². The molecule has 1 aliphatic rings. The van der Waals surface area contributed by atoms with E-state index in [0.29, 0.717) is 5.84 Å². The van der Waals surface area contributed by atoms with Gasteiger partial charge >= 0.3 is 0 Å². The van der Waals surface area contributed by atoms with Crippen molar-refractivity contribution in [1.82, 2.24) is 9.66 Å². The molecular formula is C12H17N5. The Morgan fingerprint density at radius 1 is 1.47 bits per heavy atom. The zero-order valence-corrected chi connectivity index (χ0v) is 10.3. The molecule has 1 aromatic heterocycles. The zero-order valence-electron chi connectivity index (χ0n) is 10.3. The number of imidazole rings is 1. The number of aryl methyl sites for hydroxylation is 1. The number of aromatic nitrogens is 2. The third kappa shape index (κ3) is 2.13. The third-order valence-electron chi connectivity index (χ3n) is 2.85. The first kappa shape index (κ1) is 11.6. The number of aliphatic imine (C=N–C) groups is 1. The molecule has 0 aliphatic carbocycles. The lowest BCUT2D eigenvalue weighted by Gasteiger charge is -2.04. The van der Waals surface area contributed by atoms with Gasteiger partial charge in [0.15, 0.2) is 5.84 Å². The summed E-state index contributed by atoms with van der Waals surface area (Å²) in [6.07, 6.45) is 5.00. The molecule has 0 saturated heterocycles. The van der Waals surface area contributed by atoms with Crippen molar-refractivity contribution in [2.24, 2.45) is 15.8 Å². The number of fused-ring (bicyclic) bond motifs is 1. The lowest BCUT2D eigenvalue weighted by atomic mass is 10.1. The van der Waals surface area contributed by atoms with E-state index in [-0.39, 0.29) is 0 Å². The topological polar surface area (TPSA) is 68.6 Å². The van der Waals surface area contributed by atoms with E-state index in [1.807, 2.05) is 13.8 Å². The van der Waals surface area contributed by atoms with E-state index in [1.165, 1.54) is 0 Å². The third-order valence-corrected chi connectivity index (χ3v) is 2.85. The van der Waals surface area contributed by atoms with E-state index >= 15 is 0 Å². The predicted octanol–water partition coefficient (Wildman–Crippen LogP) is 1.60. The van der Waals surface area contributed by atoms with Crippen LogP contribution in [0.3, 0.4) is 0 Å². The van der Waals surface area contributed by atoms with Gasteiger partial charge in [0, 0.05) is 12.4 Å². The maximum Gasteiger partial charge on any atom is 0.151 e. The minimum absolute atomic E-state index is 0.459. The lowest BCUT2D eigenvalue weighted by Crippen LogP contribution is -2.16. The molecule has 5 nitrogen and oxygen atoms in total. The summed E-state index contributed by atoms with van der Waals surface area (Å²) in [5.41, 5.74) is 8.66. The van der Waals surface area contributed by atoms with E-state index < -0.39 is 0 Å². The first-order valence-corrected chi connectivity index (χ1v) is 5.70. The molecule has 0 spiro atoms. The molecule has 90 valence electrons. The van der Waals surface area contributed by atoms with Crippen LogP contribution in [0.1, 0.15) is 37.0 Å². The van der Waals surface area contributed by atoms with Crippen molar-refractivity contribution in [3.8, 4) is 0 Å². The molecule has 2 rings (SSSR count). The van der Waals surface area contributed by atoms with Crippen molar-refractivity contribution in [2.75, 3.05) is 0 Å². The predicted molar refractivity (Wildman–Crippen MR) is 69.3 cm³/mol. The van der Waals surface area contributed by atoms with Crippen molar-refractivity contribution in [1.29, 1.82) is 0 Å². The van der Waals surface area contributed by atoms with Crippen LogP contribution in [0.4, 0.5) is 0 Å². The number of nitrogens with zero attached hydrogens (tertiary/aromatic N) is 4. The second kappa shape index (κ2) is 4.53. The fourth-order valence-electron chi connectivity index (χ4n) is 2.06. The number of rotatable bonds is 1. The first-order chi connectivity index (χ1) is 8.13. The Hall–Kier alpha value is -1.91. The summed E-state index contributed by atoms with van der Waals surface area (Å²) in [7, 11) is 0. The summed E-state index contributed by atoms with van der Waals surface area (Å²) in [6, 6.07) is 0. The van der Waals surface area contributed by atoms with E-state index in [9.17, 15) is 0 Å². The average Bonchev–Trinajstić information content (AvgIpc) is 2.62. The minimum Gasteiger partial charge on any atom is -0.382 e. The molecule has 5 heteroatoms. The van der Waals surface area contributed by atoms with Gasteiger partial charge in [0.25, 0.3) is 0 Å². The standard InChI is InChI=1S/C12H17N5/c1-8-6-4-5-7-10-11(12(13)15-8)16-9(2)17(10)14-3/h6H,3-5,7H2,1-2H3,(H2,13,15)/b8-6+. The highest BCUT2D eigenvalue weighted by molar-refractivity contribution is 5.97. The van der Waals surface area contributed by atoms with Gasteiger partial charge in [0.05, 0.1) is 5.69 Å². The first-order valence-electron chi connectivity index (χ1n) is 5.70. The molecule has 17 heavy (non-hydrogen) atoms. The smallest absolute Gasteiger partial charge is 0.151 e. The van der Waals surface area contributed by atoms with Gasteiger partial charge in [-0.2, -0.15) is 5.10 Å². The number of amidine groups is 1.